The van der Waals surface area contributed by atoms with Crippen molar-refractivity contribution in [2.75, 3.05) is 26.3 Å². The van der Waals surface area contributed by atoms with Gasteiger partial charge in [-0.25, -0.2) is 14.8 Å². The Hall–Kier alpha value is -2.51. The minimum Gasteiger partial charge on any atom is -0.482 e. The van der Waals surface area contributed by atoms with E-state index in [0.29, 0.717) is 31.3 Å². The van der Waals surface area contributed by atoms with E-state index in [1.165, 1.54) is 0 Å². The van der Waals surface area contributed by atoms with Crippen LogP contribution in [0.3, 0.4) is 0 Å². The fraction of sp³-hybridized carbons (Fsp3) is 0.389. The van der Waals surface area contributed by atoms with Crippen LogP contribution in [0.5, 0.6) is 5.75 Å². The minimum absolute atomic E-state index is 0.166. The summed E-state index contributed by atoms with van der Waals surface area (Å²) in [5.74, 6) is 0.303. The summed E-state index contributed by atoms with van der Waals surface area (Å²) >= 11 is 0. The van der Waals surface area contributed by atoms with Gasteiger partial charge in [-0.2, -0.15) is 0 Å². The lowest BCUT2D eigenvalue weighted by Crippen LogP contribution is -2.38. The highest BCUT2D eigenvalue weighted by molar-refractivity contribution is 5.68. The van der Waals surface area contributed by atoms with Crippen molar-refractivity contribution in [3.05, 3.63) is 53.6 Å². The van der Waals surface area contributed by atoms with E-state index in [4.69, 9.17) is 14.6 Å². The topological polar surface area (TPSA) is 84.8 Å². The molecule has 25 heavy (non-hydrogen) atoms. The molecule has 7 nitrogen and oxygen atoms in total. The molecule has 2 aromatic rings. The third-order valence-corrected chi connectivity index (χ3v) is 3.97. The van der Waals surface area contributed by atoms with Crippen molar-refractivity contribution < 1.29 is 19.4 Å². The van der Waals surface area contributed by atoms with E-state index >= 15 is 0 Å². The van der Waals surface area contributed by atoms with Gasteiger partial charge in [0.1, 0.15) is 11.9 Å². The van der Waals surface area contributed by atoms with Gasteiger partial charge in [0.05, 0.1) is 6.61 Å². The number of aryl methyl sites for hydroxylation is 1. The highest BCUT2D eigenvalue weighted by Gasteiger charge is 2.24. The summed E-state index contributed by atoms with van der Waals surface area (Å²) in [6, 6.07) is 9.36. The fourth-order valence-electron chi connectivity index (χ4n) is 2.78. The first-order valence-corrected chi connectivity index (χ1v) is 8.18. The van der Waals surface area contributed by atoms with E-state index in [0.717, 1.165) is 17.8 Å². The molecule has 7 heteroatoms. The highest BCUT2D eigenvalue weighted by atomic mass is 16.5. The van der Waals surface area contributed by atoms with Gasteiger partial charge >= 0.3 is 5.97 Å². The summed E-state index contributed by atoms with van der Waals surface area (Å²) in [4.78, 5) is 21.7. The van der Waals surface area contributed by atoms with Crippen molar-refractivity contribution in [1.29, 1.82) is 0 Å². The molecule has 0 amide bonds. The molecule has 132 valence electrons. The van der Waals surface area contributed by atoms with Crippen LogP contribution in [-0.4, -0.2) is 52.2 Å². The van der Waals surface area contributed by atoms with Crippen molar-refractivity contribution >= 4 is 5.97 Å². The molecule has 0 saturated carbocycles. The summed E-state index contributed by atoms with van der Waals surface area (Å²) in [7, 11) is 0. The molecule has 0 radical (unpaired) electrons. The number of aliphatic carboxylic acids is 1. The second-order valence-corrected chi connectivity index (χ2v) is 5.94. The molecule has 2 heterocycles. The second kappa shape index (κ2) is 8.04. The first-order chi connectivity index (χ1) is 12.1. The van der Waals surface area contributed by atoms with E-state index in [2.05, 4.69) is 14.9 Å². The fourth-order valence-corrected chi connectivity index (χ4v) is 2.78. The van der Waals surface area contributed by atoms with Gasteiger partial charge in [0.15, 0.2) is 12.4 Å². The maximum atomic E-state index is 10.7. The number of hydrogen-bond acceptors (Lipinski definition) is 6. The summed E-state index contributed by atoms with van der Waals surface area (Å²) < 4.78 is 11.2. The van der Waals surface area contributed by atoms with Crippen molar-refractivity contribution in [3.8, 4) is 5.75 Å². The van der Waals surface area contributed by atoms with Gasteiger partial charge in [-0.1, -0.05) is 18.2 Å². The third kappa shape index (κ3) is 4.74. The third-order valence-electron chi connectivity index (χ3n) is 3.97. The van der Waals surface area contributed by atoms with E-state index < -0.39 is 5.97 Å². The van der Waals surface area contributed by atoms with Crippen LogP contribution in [0.2, 0.25) is 0 Å². The number of carboxylic acids is 1. The number of para-hydroxylation sites is 1. The van der Waals surface area contributed by atoms with Crippen LogP contribution >= 0.6 is 0 Å². The Morgan fingerprint density at radius 2 is 2.24 bits per heavy atom. The maximum Gasteiger partial charge on any atom is 0.341 e. The lowest BCUT2D eigenvalue weighted by Gasteiger charge is -2.32. The first kappa shape index (κ1) is 17.3. The summed E-state index contributed by atoms with van der Waals surface area (Å²) in [5.41, 5.74) is 1.87. The molecule has 3 rings (SSSR count). The average molecular weight is 343 g/mol. The highest BCUT2D eigenvalue weighted by Crippen LogP contribution is 2.24. The molecule has 1 aliphatic rings. The number of rotatable bonds is 6. The van der Waals surface area contributed by atoms with Crippen LogP contribution in [-0.2, 0) is 16.1 Å². The Morgan fingerprint density at radius 3 is 3.04 bits per heavy atom. The summed E-state index contributed by atoms with van der Waals surface area (Å²) in [6.07, 6.45) is 1.58. The van der Waals surface area contributed by atoms with E-state index in [1.54, 1.807) is 12.3 Å². The van der Waals surface area contributed by atoms with Crippen LogP contribution < -0.4 is 4.74 Å². The summed E-state index contributed by atoms with van der Waals surface area (Å²) in [5, 5.41) is 8.80. The predicted octanol–water partition coefficient (Wildman–Crippen LogP) is 1.82. The Labute approximate surface area is 146 Å². The van der Waals surface area contributed by atoms with Crippen LogP contribution in [0.4, 0.5) is 0 Å². The van der Waals surface area contributed by atoms with Gasteiger partial charge < -0.3 is 14.6 Å². The van der Waals surface area contributed by atoms with E-state index in [1.807, 2.05) is 31.2 Å². The van der Waals surface area contributed by atoms with Crippen LogP contribution in [0, 0.1) is 6.92 Å². The Balaban J connectivity index is 1.68. The molecule has 0 bridgehead atoms. The van der Waals surface area contributed by atoms with Crippen molar-refractivity contribution in [2.24, 2.45) is 0 Å². The minimum atomic E-state index is -0.988. The molecule has 0 spiro atoms. The zero-order valence-corrected chi connectivity index (χ0v) is 14.1. The maximum absolute atomic E-state index is 10.7. The van der Waals surface area contributed by atoms with E-state index in [9.17, 15) is 4.79 Å². The van der Waals surface area contributed by atoms with Crippen molar-refractivity contribution in [3.63, 3.8) is 0 Å². The number of carbonyl (C=O) groups is 1. The Kier molecular flexibility index (Phi) is 5.57. The molecule has 1 fully saturated rings. The molecule has 1 aromatic heterocycles. The van der Waals surface area contributed by atoms with Gasteiger partial charge in [-0.3, -0.25) is 4.90 Å². The van der Waals surface area contributed by atoms with Crippen LogP contribution in [0.15, 0.2) is 36.5 Å². The van der Waals surface area contributed by atoms with E-state index in [-0.39, 0.29) is 12.7 Å². The van der Waals surface area contributed by atoms with Crippen molar-refractivity contribution in [1.82, 2.24) is 14.9 Å². The first-order valence-electron chi connectivity index (χ1n) is 8.18. The normalized spacial score (nSPS) is 18.0. The number of carboxylic acid groups (broad SMARTS) is 1. The second-order valence-electron chi connectivity index (χ2n) is 5.94. The molecule has 1 N–H and O–H groups in total. The standard InChI is InChI=1S/C18H21N3O4/c1-13-6-7-19-18(20-13)16-11-21(8-9-24-16)10-14-4-2-3-5-15(14)25-12-17(22)23/h2-7,16H,8-12H2,1H3,(H,22,23)/t16-/m1/s1. The molecule has 1 aliphatic heterocycles. The van der Waals surface area contributed by atoms with Crippen LogP contribution in [0.1, 0.15) is 23.2 Å². The monoisotopic (exact) mass is 343 g/mol. The van der Waals surface area contributed by atoms with Gasteiger partial charge in [-0.15, -0.1) is 0 Å². The zero-order chi connectivity index (χ0) is 17.6. The molecule has 1 atom stereocenters. The number of aromatic nitrogens is 2. The molecule has 1 aromatic carbocycles. The number of ether oxygens (including phenoxy) is 2. The lowest BCUT2D eigenvalue weighted by molar-refractivity contribution is -0.139. The smallest absolute Gasteiger partial charge is 0.341 e. The molecule has 0 aliphatic carbocycles. The van der Waals surface area contributed by atoms with Crippen LogP contribution in [0.25, 0.3) is 0 Å². The number of hydrogen-bond donors (Lipinski definition) is 1. The SMILES string of the molecule is Cc1ccnc([C@H]2CN(Cc3ccccc3OCC(=O)O)CCO2)n1. The Bertz CT molecular complexity index is 738. The lowest BCUT2D eigenvalue weighted by atomic mass is 10.1. The van der Waals surface area contributed by atoms with Gasteiger partial charge in [0.25, 0.3) is 0 Å². The summed E-state index contributed by atoms with van der Waals surface area (Å²) in [6.45, 7) is 4.30. The zero-order valence-electron chi connectivity index (χ0n) is 14.1. The predicted molar refractivity (Wildman–Crippen MR) is 90.3 cm³/mol. The molecule has 1 saturated heterocycles. The molecule has 0 unspecified atom stereocenters. The quantitative estimate of drug-likeness (QED) is 0.856. The average Bonchev–Trinajstić information content (AvgIpc) is 2.61. The number of morpholine rings is 1. The van der Waals surface area contributed by atoms with Gasteiger partial charge in [0.2, 0.25) is 0 Å². The largest absolute Gasteiger partial charge is 0.482 e. The van der Waals surface area contributed by atoms with Gasteiger partial charge in [-0.05, 0) is 19.1 Å². The molecular weight excluding hydrogens is 322 g/mol. The number of benzene rings is 1. The Morgan fingerprint density at radius 1 is 1.40 bits per heavy atom. The molecular formula is C18H21N3O4. The van der Waals surface area contributed by atoms with Crippen molar-refractivity contribution in [2.45, 2.75) is 19.6 Å². The number of nitrogens with zero attached hydrogens (tertiary/aromatic N) is 3. The van der Waals surface area contributed by atoms with Gasteiger partial charge in [0, 0.05) is 37.1 Å².